The molecule has 0 aliphatic carbocycles. The Kier molecular flexibility index (Phi) is 4.63. The van der Waals surface area contributed by atoms with E-state index in [1.807, 2.05) is 24.3 Å². The van der Waals surface area contributed by atoms with Crippen molar-refractivity contribution in [3.05, 3.63) is 52.5 Å². The normalized spacial score (nSPS) is 10.1. The first-order valence-electron chi connectivity index (χ1n) is 6.20. The number of hydrogen-bond acceptors (Lipinski definition) is 4. The van der Waals surface area contributed by atoms with Gasteiger partial charge in [0.25, 0.3) is 0 Å². The molecule has 0 radical (unpaired) electrons. The summed E-state index contributed by atoms with van der Waals surface area (Å²) in [7, 11) is 0. The lowest BCUT2D eigenvalue weighted by Gasteiger charge is -2.14. The summed E-state index contributed by atoms with van der Waals surface area (Å²) < 4.78 is 5.93. The molecule has 0 unspecified atom stereocenters. The Hall–Kier alpha value is -2.01. The first-order chi connectivity index (χ1) is 9.63. The van der Waals surface area contributed by atoms with Gasteiger partial charge in [-0.05, 0) is 47.1 Å². The van der Waals surface area contributed by atoms with Crippen LogP contribution in [0.15, 0.2) is 46.9 Å². The highest BCUT2D eigenvalue weighted by Crippen LogP contribution is 2.31. The van der Waals surface area contributed by atoms with Crippen molar-refractivity contribution in [2.45, 2.75) is 6.92 Å². The molecule has 0 saturated heterocycles. The fourth-order valence-electron chi connectivity index (χ4n) is 1.79. The lowest BCUT2D eigenvalue weighted by atomic mass is 10.1. The zero-order valence-electron chi connectivity index (χ0n) is 11.0. The van der Waals surface area contributed by atoms with Crippen LogP contribution < -0.4 is 11.1 Å². The number of nitrogens with two attached hydrogens (primary N) is 1. The topological polar surface area (TPSA) is 64.3 Å². The fraction of sp³-hybridized carbons (Fsp3) is 0.133. The molecule has 0 aromatic heterocycles. The number of ether oxygens (including phenoxy) is 1. The zero-order valence-corrected chi connectivity index (χ0v) is 12.6. The number of carbonyl (C=O) groups is 1. The molecule has 2 aromatic carbocycles. The van der Waals surface area contributed by atoms with Crippen LogP contribution in [0.2, 0.25) is 0 Å². The molecule has 0 heterocycles. The molecule has 104 valence electrons. The van der Waals surface area contributed by atoms with Crippen molar-refractivity contribution in [1.29, 1.82) is 0 Å². The number of carbonyl (C=O) groups excluding carboxylic acids is 1. The molecule has 0 spiro atoms. The average molecular weight is 335 g/mol. The number of nitrogens with one attached hydrogen (secondary N) is 1. The van der Waals surface area contributed by atoms with Crippen molar-refractivity contribution in [1.82, 2.24) is 0 Å². The van der Waals surface area contributed by atoms with Crippen LogP contribution in [0.25, 0.3) is 0 Å². The van der Waals surface area contributed by atoms with E-state index in [0.717, 1.165) is 10.2 Å². The number of halogens is 1. The Labute approximate surface area is 126 Å². The SMILES string of the molecule is CCOC(=O)c1cccc(N)c1Nc1ccccc1Br. The van der Waals surface area contributed by atoms with Gasteiger partial charge in [0.2, 0.25) is 0 Å². The third-order valence-corrected chi connectivity index (χ3v) is 3.42. The van der Waals surface area contributed by atoms with E-state index < -0.39 is 5.97 Å². The Balaban J connectivity index is 2.40. The van der Waals surface area contributed by atoms with E-state index in [2.05, 4.69) is 21.2 Å². The summed E-state index contributed by atoms with van der Waals surface area (Å²) in [5, 5.41) is 3.18. The monoisotopic (exact) mass is 334 g/mol. The van der Waals surface area contributed by atoms with Gasteiger partial charge in [-0.15, -0.1) is 0 Å². The number of anilines is 3. The number of para-hydroxylation sites is 2. The predicted octanol–water partition coefficient (Wildman–Crippen LogP) is 3.95. The molecule has 0 aliphatic heterocycles. The standard InChI is InChI=1S/C15H15BrN2O2/c1-2-20-15(19)10-6-5-8-12(17)14(10)18-13-9-4-3-7-11(13)16/h3-9,18H,2,17H2,1H3. The summed E-state index contributed by atoms with van der Waals surface area (Å²) in [6, 6.07) is 12.8. The van der Waals surface area contributed by atoms with Gasteiger partial charge in [-0.1, -0.05) is 18.2 Å². The van der Waals surface area contributed by atoms with Crippen molar-refractivity contribution < 1.29 is 9.53 Å². The van der Waals surface area contributed by atoms with Crippen LogP contribution in [-0.2, 0) is 4.74 Å². The molecule has 0 amide bonds. The summed E-state index contributed by atoms with van der Waals surface area (Å²) in [5.41, 5.74) is 8.26. The van der Waals surface area contributed by atoms with Gasteiger partial charge in [-0.2, -0.15) is 0 Å². The van der Waals surface area contributed by atoms with Gasteiger partial charge in [-0.25, -0.2) is 4.79 Å². The van der Waals surface area contributed by atoms with E-state index >= 15 is 0 Å². The molecule has 0 aliphatic rings. The van der Waals surface area contributed by atoms with Crippen molar-refractivity contribution >= 4 is 39.0 Å². The minimum Gasteiger partial charge on any atom is -0.462 e. The number of rotatable bonds is 4. The lowest BCUT2D eigenvalue weighted by Crippen LogP contribution is -2.09. The number of esters is 1. The molecule has 2 aromatic rings. The van der Waals surface area contributed by atoms with Crippen molar-refractivity contribution in [3.8, 4) is 0 Å². The average Bonchev–Trinajstić information content (AvgIpc) is 2.43. The molecule has 4 nitrogen and oxygen atoms in total. The van der Waals surface area contributed by atoms with E-state index in [1.165, 1.54) is 0 Å². The molecular weight excluding hydrogens is 320 g/mol. The summed E-state index contributed by atoms with van der Waals surface area (Å²) in [6.07, 6.45) is 0. The van der Waals surface area contributed by atoms with E-state index in [1.54, 1.807) is 25.1 Å². The molecule has 0 bridgehead atoms. The van der Waals surface area contributed by atoms with Crippen molar-refractivity contribution in [2.24, 2.45) is 0 Å². The molecule has 2 rings (SSSR count). The smallest absolute Gasteiger partial charge is 0.340 e. The lowest BCUT2D eigenvalue weighted by molar-refractivity contribution is 0.0527. The van der Waals surface area contributed by atoms with Crippen LogP contribution in [-0.4, -0.2) is 12.6 Å². The van der Waals surface area contributed by atoms with Gasteiger partial charge in [0.1, 0.15) is 0 Å². The molecule has 0 atom stereocenters. The van der Waals surface area contributed by atoms with E-state index in [-0.39, 0.29) is 0 Å². The molecule has 0 fully saturated rings. The predicted molar refractivity (Wildman–Crippen MR) is 84.2 cm³/mol. The van der Waals surface area contributed by atoms with Crippen molar-refractivity contribution in [3.63, 3.8) is 0 Å². The second kappa shape index (κ2) is 6.43. The third-order valence-electron chi connectivity index (χ3n) is 2.73. The maximum Gasteiger partial charge on any atom is 0.340 e. The number of nitrogen functional groups attached to an aromatic ring is 1. The summed E-state index contributed by atoms with van der Waals surface area (Å²) in [4.78, 5) is 12.0. The Morgan fingerprint density at radius 2 is 2.00 bits per heavy atom. The quantitative estimate of drug-likeness (QED) is 0.656. The van der Waals surface area contributed by atoms with Gasteiger partial charge in [-0.3, -0.25) is 0 Å². The Morgan fingerprint density at radius 1 is 1.25 bits per heavy atom. The van der Waals surface area contributed by atoms with E-state index in [0.29, 0.717) is 23.5 Å². The Bertz CT molecular complexity index is 629. The highest BCUT2D eigenvalue weighted by atomic mass is 79.9. The molecular formula is C15H15BrN2O2. The van der Waals surface area contributed by atoms with Gasteiger partial charge < -0.3 is 15.8 Å². The first kappa shape index (κ1) is 14.4. The minimum absolute atomic E-state index is 0.322. The maximum atomic E-state index is 12.0. The highest BCUT2D eigenvalue weighted by Gasteiger charge is 2.15. The summed E-state index contributed by atoms with van der Waals surface area (Å²) in [5.74, 6) is -0.394. The Morgan fingerprint density at radius 3 is 2.70 bits per heavy atom. The maximum absolute atomic E-state index is 12.0. The second-order valence-electron chi connectivity index (χ2n) is 4.10. The van der Waals surface area contributed by atoms with Crippen LogP contribution in [0.3, 0.4) is 0 Å². The van der Waals surface area contributed by atoms with Crippen LogP contribution >= 0.6 is 15.9 Å². The van der Waals surface area contributed by atoms with Gasteiger partial charge >= 0.3 is 5.97 Å². The minimum atomic E-state index is -0.394. The van der Waals surface area contributed by atoms with Gasteiger partial charge in [0.05, 0.1) is 29.2 Å². The third kappa shape index (κ3) is 3.11. The zero-order chi connectivity index (χ0) is 14.5. The van der Waals surface area contributed by atoms with Crippen LogP contribution in [0.1, 0.15) is 17.3 Å². The molecule has 5 heteroatoms. The molecule has 20 heavy (non-hydrogen) atoms. The first-order valence-corrected chi connectivity index (χ1v) is 7.00. The second-order valence-corrected chi connectivity index (χ2v) is 4.95. The van der Waals surface area contributed by atoms with E-state index in [4.69, 9.17) is 10.5 Å². The molecule has 3 N–H and O–H groups in total. The van der Waals surface area contributed by atoms with Gasteiger partial charge in [0.15, 0.2) is 0 Å². The van der Waals surface area contributed by atoms with Crippen molar-refractivity contribution in [2.75, 3.05) is 17.7 Å². The van der Waals surface area contributed by atoms with Crippen LogP contribution in [0, 0.1) is 0 Å². The van der Waals surface area contributed by atoms with Gasteiger partial charge in [0, 0.05) is 4.47 Å². The summed E-state index contributed by atoms with van der Waals surface area (Å²) >= 11 is 3.45. The number of hydrogen-bond donors (Lipinski definition) is 2. The number of benzene rings is 2. The van der Waals surface area contributed by atoms with Crippen LogP contribution in [0.4, 0.5) is 17.1 Å². The van der Waals surface area contributed by atoms with E-state index in [9.17, 15) is 4.79 Å². The fourth-order valence-corrected chi connectivity index (χ4v) is 2.17. The van der Waals surface area contributed by atoms with Crippen LogP contribution in [0.5, 0.6) is 0 Å². The molecule has 0 saturated carbocycles. The highest BCUT2D eigenvalue weighted by molar-refractivity contribution is 9.10. The largest absolute Gasteiger partial charge is 0.462 e. The summed E-state index contributed by atoms with van der Waals surface area (Å²) in [6.45, 7) is 2.09.